The van der Waals surface area contributed by atoms with Gasteiger partial charge in [-0.3, -0.25) is 0 Å². The first-order chi connectivity index (χ1) is 13.7. The lowest BCUT2D eigenvalue weighted by Gasteiger charge is -2.10. The smallest absolute Gasteiger partial charge is 0.191 e. The SMILES string of the molecule is CCNC(=NCc1csc(CCc2ccccc2)n1)NCCc1ncc(C)s1.I. The number of halogens is 1. The highest BCUT2D eigenvalue weighted by atomic mass is 127. The van der Waals surface area contributed by atoms with Crippen molar-refractivity contribution in [1.82, 2.24) is 20.6 Å². The fraction of sp³-hybridized carbons (Fsp3) is 0.381. The third-order valence-corrected chi connectivity index (χ3v) is 6.04. The van der Waals surface area contributed by atoms with Crippen molar-refractivity contribution >= 4 is 52.6 Å². The van der Waals surface area contributed by atoms with Gasteiger partial charge in [0.15, 0.2) is 5.96 Å². The largest absolute Gasteiger partial charge is 0.357 e. The lowest BCUT2D eigenvalue weighted by molar-refractivity contribution is 0.793. The lowest BCUT2D eigenvalue weighted by Crippen LogP contribution is -2.38. The molecule has 0 spiro atoms. The fourth-order valence-corrected chi connectivity index (χ4v) is 4.31. The Morgan fingerprint density at radius 3 is 2.62 bits per heavy atom. The van der Waals surface area contributed by atoms with E-state index in [0.717, 1.165) is 49.0 Å². The second-order valence-corrected chi connectivity index (χ2v) is 8.72. The second-order valence-electron chi connectivity index (χ2n) is 6.45. The summed E-state index contributed by atoms with van der Waals surface area (Å²) in [4.78, 5) is 15.1. The normalized spacial score (nSPS) is 11.2. The molecule has 2 heterocycles. The summed E-state index contributed by atoms with van der Waals surface area (Å²) in [7, 11) is 0. The van der Waals surface area contributed by atoms with E-state index in [9.17, 15) is 0 Å². The number of rotatable bonds is 9. The Morgan fingerprint density at radius 2 is 1.90 bits per heavy atom. The number of nitrogens with zero attached hydrogens (tertiary/aromatic N) is 3. The maximum atomic E-state index is 4.74. The summed E-state index contributed by atoms with van der Waals surface area (Å²) >= 11 is 3.47. The van der Waals surface area contributed by atoms with E-state index in [0.29, 0.717) is 6.54 Å². The van der Waals surface area contributed by atoms with Crippen LogP contribution in [0.25, 0.3) is 0 Å². The summed E-state index contributed by atoms with van der Waals surface area (Å²) in [6.45, 7) is 6.40. The third kappa shape index (κ3) is 8.39. The first kappa shape index (κ1) is 23.8. The molecule has 0 aliphatic heterocycles. The van der Waals surface area contributed by atoms with E-state index in [4.69, 9.17) is 4.98 Å². The van der Waals surface area contributed by atoms with Gasteiger partial charge in [-0.05, 0) is 25.8 Å². The van der Waals surface area contributed by atoms with E-state index in [-0.39, 0.29) is 24.0 Å². The zero-order chi connectivity index (χ0) is 19.6. The molecule has 0 saturated heterocycles. The van der Waals surface area contributed by atoms with Crippen molar-refractivity contribution in [3.05, 3.63) is 68.1 Å². The molecule has 8 heteroatoms. The Morgan fingerprint density at radius 1 is 1.07 bits per heavy atom. The maximum absolute atomic E-state index is 4.74. The minimum atomic E-state index is 0. The Hall–Kier alpha value is -1.52. The number of aromatic nitrogens is 2. The number of benzene rings is 1. The van der Waals surface area contributed by atoms with Crippen LogP contribution in [0.15, 0.2) is 46.9 Å². The summed E-state index contributed by atoms with van der Waals surface area (Å²) in [6.07, 6.45) is 4.83. The number of guanidine groups is 1. The molecule has 0 aliphatic rings. The monoisotopic (exact) mass is 541 g/mol. The summed E-state index contributed by atoms with van der Waals surface area (Å²) in [5, 5.41) is 11.1. The van der Waals surface area contributed by atoms with E-state index in [1.165, 1.54) is 15.4 Å². The van der Waals surface area contributed by atoms with Crippen molar-refractivity contribution in [3.8, 4) is 0 Å². The van der Waals surface area contributed by atoms with E-state index >= 15 is 0 Å². The molecule has 0 fully saturated rings. The highest BCUT2D eigenvalue weighted by molar-refractivity contribution is 14.0. The molecule has 0 atom stereocenters. The molecular formula is C21H28IN5S2. The summed E-state index contributed by atoms with van der Waals surface area (Å²) in [5.41, 5.74) is 2.38. The molecule has 0 unspecified atom stereocenters. The molecule has 156 valence electrons. The van der Waals surface area contributed by atoms with E-state index in [1.54, 1.807) is 22.7 Å². The van der Waals surface area contributed by atoms with Crippen LogP contribution in [0, 0.1) is 6.92 Å². The van der Waals surface area contributed by atoms with Crippen LogP contribution in [0.3, 0.4) is 0 Å². The topological polar surface area (TPSA) is 62.2 Å². The molecule has 3 aromatic rings. The zero-order valence-electron chi connectivity index (χ0n) is 16.9. The van der Waals surface area contributed by atoms with E-state index in [1.807, 2.05) is 6.20 Å². The van der Waals surface area contributed by atoms with Crippen molar-refractivity contribution in [2.24, 2.45) is 4.99 Å². The fourth-order valence-electron chi connectivity index (χ4n) is 2.74. The van der Waals surface area contributed by atoms with Crippen molar-refractivity contribution in [2.45, 2.75) is 39.7 Å². The molecule has 2 aromatic heterocycles. The molecule has 0 amide bonds. The Labute approximate surface area is 198 Å². The minimum absolute atomic E-state index is 0. The standard InChI is InChI=1S/C21H27N5S2.HI/c1-3-22-21(23-12-11-19-24-13-16(2)28-19)25-14-18-15-27-20(26-18)10-9-17-7-5-4-6-8-17;/h4-8,13,15H,3,9-12,14H2,1-2H3,(H2,22,23,25);1H. The van der Waals surface area contributed by atoms with Gasteiger partial charge in [-0.2, -0.15) is 0 Å². The lowest BCUT2D eigenvalue weighted by atomic mass is 10.1. The average Bonchev–Trinajstić information content (AvgIpc) is 3.34. The van der Waals surface area contributed by atoms with Gasteiger partial charge in [0.2, 0.25) is 0 Å². The van der Waals surface area contributed by atoms with Gasteiger partial charge in [-0.1, -0.05) is 30.3 Å². The van der Waals surface area contributed by atoms with E-state index in [2.05, 4.69) is 70.2 Å². The second kappa shape index (κ2) is 12.9. The number of nitrogens with one attached hydrogen (secondary N) is 2. The van der Waals surface area contributed by atoms with Gasteiger partial charge in [0, 0.05) is 42.4 Å². The average molecular weight is 542 g/mol. The van der Waals surface area contributed by atoms with Gasteiger partial charge < -0.3 is 10.6 Å². The molecule has 1 aromatic carbocycles. The molecular weight excluding hydrogens is 513 g/mol. The molecule has 0 radical (unpaired) electrons. The van der Waals surface area contributed by atoms with Gasteiger partial charge in [-0.15, -0.1) is 46.7 Å². The van der Waals surface area contributed by atoms with Crippen molar-refractivity contribution in [2.75, 3.05) is 13.1 Å². The highest BCUT2D eigenvalue weighted by Crippen LogP contribution is 2.14. The highest BCUT2D eigenvalue weighted by Gasteiger charge is 2.04. The van der Waals surface area contributed by atoms with Gasteiger partial charge >= 0.3 is 0 Å². The van der Waals surface area contributed by atoms with Gasteiger partial charge in [0.1, 0.15) is 0 Å². The first-order valence-electron chi connectivity index (χ1n) is 9.63. The van der Waals surface area contributed by atoms with Crippen molar-refractivity contribution in [3.63, 3.8) is 0 Å². The van der Waals surface area contributed by atoms with Gasteiger partial charge in [0.05, 0.1) is 22.3 Å². The molecule has 5 nitrogen and oxygen atoms in total. The van der Waals surface area contributed by atoms with E-state index < -0.39 is 0 Å². The summed E-state index contributed by atoms with van der Waals surface area (Å²) < 4.78 is 0. The number of aryl methyl sites for hydroxylation is 3. The van der Waals surface area contributed by atoms with Crippen LogP contribution in [0.1, 0.15) is 33.1 Å². The summed E-state index contributed by atoms with van der Waals surface area (Å²) in [6, 6.07) is 10.6. The molecule has 0 saturated carbocycles. The number of hydrogen-bond acceptors (Lipinski definition) is 5. The van der Waals surface area contributed by atoms with Gasteiger partial charge in [0.25, 0.3) is 0 Å². The van der Waals surface area contributed by atoms with Crippen LogP contribution in [0.5, 0.6) is 0 Å². The van der Waals surface area contributed by atoms with Crippen LogP contribution < -0.4 is 10.6 Å². The zero-order valence-corrected chi connectivity index (χ0v) is 20.8. The molecule has 0 bridgehead atoms. The molecule has 29 heavy (non-hydrogen) atoms. The minimum Gasteiger partial charge on any atom is -0.357 e. The predicted molar refractivity (Wildman–Crippen MR) is 135 cm³/mol. The van der Waals surface area contributed by atoms with Crippen LogP contribution in [0.4, 0.5) is 0 Å². The number of hydrogen-bond donors (Lipinski definition) is 2. The maximum Gasteiger partial charge on any atom is 0.191 e. The van der Waals surface area contributed by atoms with Crippen LogP contribution >= 0.6 is 46.7 Å². The Kier molecular flexibility index (Phi) is 10.6. The number of thiazole rings is 2. The first-order valence-corrected chi connectivity index (χ1v) is 11.3. The van der Waals surface area contributed by atoms with Crippen LogP contribution in [0.2, 0.25) is 0 Å². The Bertz CT molecular complexity index is 876. The van der Waals surface area contributed by atoms with Crippen molar-refractivity contribution < 1.29 is 0 Å². The van der Waals surface area contributed by atoms with Crippen LogP contribution in [-0.2, 0) is 25.8 Å². The number of aliphatic imine (C=N–C) groups is 1. The molecule has 2 N–H and O–H groups in total. The van der Waals surface area contributed by atoms with Crippen LogP contribution in [-0.4, -0.2) is 29.0 Å². The molecule has 0 aliphatic carbocycles. The van der Waals surface area contributed by atoms with Gasteiger partial charge in [-0.25, -0.2) is 15.0 Å². The Balaban J connectivity index is 0.00000300. The third-order valence-electron chi connectivity index (χ3n) is 4.11. The van der Waals surface area contributed by atoms with Crippen molar-refractivity contribution in [1.29, 1.82) is 0 Å². The predicted octanol–water partition coefficient (Wildman–Crippen LogP) is 4.61. The quantitative estimate of drug-likeness (QED) is 0.236. The molecule has 3 rings (SSSR count). The summed E-state index contributed by atoms with van der Waals surface area (Å²) in [5.74, 6) is 0.828.